The molecule has 0 spiro atoms. The third-order valence-electron chi connectivity index (χ3n) is 3.94. The quantitative estimate of drug-likeness (QED) is 0.504. The minimum absolute atomic E-state index is 0.298. The van der Waals surface area contributed by atoms with Crippen molar-refractivity contribution in [3.63, 3.8) is 0 Å². The fourth-order valence-corrected chi connectivity index (χ4v) is 4.70. The van der Waals surface area contributed by atoms with E-state index >= 15 is 0 Å². The zero-order chi connectivity index (χ0) is 16.2. The van der Waals surface area contributed by atoms with Crippen LogP contribution in [0.25, 0.3) is 0 Å². The Bertz CT molecular complexity index is 525. The zero-order valence-corrected chi connectivity index (χ0v) is 16.6. The van der Waals surface area contributed by atoms with Crippen molar-refractivity contribution in [2.24, 2.45) is 5.92 Å². The number of amides is 1. The minimum Gasteiger partial charge on any atom is -0.496 e. The molecule has 2 N–H and O–H groups in total. The second-order valence-electron chi connectivity index (χ2n) is 5.54. The van der Waals surface area contributed by atoms with Gasteiger partial charge in [-0.15, -0.1) is 0 Å². The smallest absolute Gasteiger partial charge is 0.207 e. The maximum absolute atomic E-state index is 9.93. The third-order valence-corrected chi connectivity index (χ3v) is 6.47. The summed E-state index contributed by atoms with van der Waals surface area (Å²) in [6, 6.07) is 3.97. The van der Waals surface area contributed by atoms with Gasteiger partial charge in [-0.05, 0) is 81.1 Å². The van der Waals surface area contributed by atoms with Gasteiger partial charge in [-0.25, -0.2) is 0 Å². The molecule has 0 aromatic heterocycles. The SMILES string of the molecule is CCNSc1cc(OC)c(Br)cc1Br.O=CNC12CC(C1)C2. The van der Waals surface area contributed by atoms with Crippen molar-refractivity contribution in [3.8, 4) is 5.75 Å². The van der Waals surface area contributed by atoms with E-state index in [1.54, 1.807) is 19.1 Å². The van der Waals surface area contributed by atoms with Gasteiger partial charge in [0.25, 0.3) is 0 Å². The van der Waals surface area contributed by atoms with Crippen LogP contribution in [-0.2, 0) is 4.79 Å². The molecule has 122 valence electrons. The number of nitrogens with one attached hydrogen (secondary N) is 2. The number of carbonyl (C=O) groups excluding carboxylic acids is 1. The zero-order valence-electron chi connectivity index (χ0n) is 12.6. The maximum atomic E-state index is 9.93. The summed E-state index contributed by atoms with van der Waals surface area (Å²) >= 11 is 8.51. The van der Waals surface area contributed by atoms with Crippen LogP contribution in [0.3, 0.4) is 0 Å². The number of carbonyl (C=O) groups is 1. The molecule has 1 amide bonds. The van der Waals surface area contributed by atoms with Gasteiger partial charge in [0.1, 0.15) is 5.75 Å². The Morgan fingerprint density at radius 3 is 2.45 bits per heavy atom. The topological polar surface area (TPSA) is 50.4 Å². The molecule has 3 aliphatic rings. The number of ether oxygens (including phenoxy) is 1. The standard InChI is InChI=1S/C9H11Br2NOS.C6H9NO/c1-3-12-14-9-5-8(13-2)6(10)4-7(9)11;8-4-7-6-1-5(2-6)3-6/h4-5,12H,3H2,1-2H3;4-5H,1-3H2,(H,7,8). The summed E-state index contributed by atoms with van der Waals surface area (Å²) in [4.78, 5) is 11.0. The van der Waals surface area contributed by atoms with E-state index in [0.29, 0.717) is 5.54 Å². The number of rotatable bonds is 6. The Balaban J connectivity index is 0.000000183. The Labute approximate surface area is 152 Å². The molecule has 22 heavy (non-hydrogen) atoms. The van der Waals surface area contributed by atoms with Crippen LogP contribution in [0.15, 0.2) is 26.0 Å². The molecule has 0 radical (unpaired) electrons. The van der Waals surface area contributed by atoms with Gasteiger partial charge in [-0.1, -0.05) is 6.92 Å². The van der Waals surface area contributed by atoms with Gasteiger partial charge in [0.2, 0.25) is 6.41 Å². The first-order valence-electron chi connectivity index (χ1n) is 7.17. The molecule has 0 heterocycles. The van der Waals surface area contributed by atoms with Crippen molar-refractivity contribution < 1.29 is 9.53 Å². The second kappa shape index (κ2) is 8.04. The summed E-state index contributed by atoms with van der Waals surface area (Å²) in [5.74, 6) is 1.80. The largest absolute Gasteiger partial charge is 0.496 e. The van der Waals surface area contributed by atoms with Crippen molar-refractivity contribution in [3.05, 3.63) is 21.1 Å². The van der Waals surface area contributed by atoms with Crippen LogP contribution in [0.4, 0.5) is 0 Å². The van der Waals surface area contributed by atoms with Crippen LogP contribution in [0.5, 0.6) is 5.75 Å². The average molecular weight is 452 g/mol. The first-order valence-corrected chi connectivity index (χ1v) is 9.58. The molecule has 0 atom stereocenters. The summed E-state index contributed by atoms with van der Waals surface area (Å²) in [5.41, 5.74) is 0.298. The molecular formula is C15H20Br2N2O2S. The summed E-state index contributed by atoms with van der Waals surface area (Å²) in [6.07, 6.45) is 4.55. The predicted molar refractivity (Wildman–Crippen MR) is 97.2 cm³/mol. The predicted octanol–water partition coefficient (Wildman–Crippen LogP) is 4.12. The Hall–Kier alpha value is -0.240. The molecule has 1 aromatic carbocycles. The van der Waals surface area contributed by atoms with Gasteiger partial charge in [0.05, 0.1) is 11.6 Å². The highest BCUT2D eigenvalue weighted by molar-refractivity contribution is 9.11. The number of benzene rings is 1. The molecule has 1 aromatic rings. The Morgan fingerprint density at radius 1 is 1.36 bits per heavy atom. The van der Waals surface area contributed by atoms with Crippen LogP contribution in [0.1, 0.15) is 26.2 Å². The average Bonchev–Trinajstić information content (AvgIpc) is 2.41. The van der Waals surface area contributed by atoms with Gasteiger partial charge in [0, 0.05) is 21.5 Å². The van der Waals surface area contributed by atoms with E-state index in [1.807, 2.05) is 12.1 Å². The van der Waals surface area contributed by atoms with E-state index in [0.717, 1.165) is 38.5 Å². The van der Waals surface area contributed by atoms with E-state index in [2.05, 4.69) is 48.8 Å². The van der Waals surface area contributed by atoms with Crippen molar-refractivity contribution in [2.45, 2.75) is 36.6 Å². The maximum Gasteiger partial charge on any atom is 0.207 e. The molecule has 3 aliphatic carbocycles. The number of methoxy groups -OCH3 is 1. The minimum atomic E-state index is 0.298. The molecule has 0 unspecified atom stereocenters. The number of halogens is 2. The normalized spacial score (nSPS) is 24.3. The van der Waals surface area contributed by atoms with Crippen LogP contribution in [0.2, 0.25) is 0 Å². The first kappa shape index (κ1) is 18.1. The summed E-state index contributed by atoms with van der Waals surface area (Å²) in [5, 5.41) is 2.84. The second-order valence-corrected chi connectivity index (χ2v) is 8.18. The van der Waals surface area contributed by atoms with Crippen molar-refractivity contribution in [1.29, 1.82) is 0 Å². The fourth-order valence-electron chi connectivity index (χ4n) is 2.68. The summed E-state index contributed by atoms with van der Waals surface area (Å²) < 4.78 is 10.4. The van der Waals surface area contributed by atoms with Gasteiger partial charge in [-0.3, -0.25) is 9.52 Å². The Kier molecular flexibility index (Phi) is 6.61. The van der Waals surface area contributed by atoms with Gasteiger partial charge in [0.15, 0.2) is 0 Å². The summed E-state index contributed by atoms with van der Waals surface area (Å²) in [6.45, 7) is 2.99. The molecule has 0 saturated heterocycles. The lowest BCUT2D eigenvalue weighted by Crippen LogP contribution is -2.66. The lowest BCUT2D eigenvalue weighted by molar-refractivity contribution is -0.120. The lowest BCUT2D eigenvalue weighted by Gasteiger charge is -2.61. The van der Waals surface area contributed by atoms with Crippen LogP contribution >= 0.6 is 43.8 Å². The van der Waals surface area contributed by atoms with Crippen LogP contribution < -0.4 is 14.8 Å². The van der Waals surface area contributed by atoms with Gasteiger partial charge >= 0.3 is 0 Å². The van der Waals surface area contributed by atoms with Gasteiger partial charge < -0.3 is 10.1 Å². The van der Waals surface area contributed by atoms with Gasteiger partial charge in [-0.2, -0.15) is 0 Å². The third kappa shape index (κ3) is 4.19. The molecule has 0 aliphatic heterocycles. The molecule has 4 nitrogen and oxygen atoms in total. The molecular weight excluding hydrogens is 432 g/mol. The lowest BCUT2D eigenvalue weighted by atomic mass is 9.50. The van der Waals surface area contributed by atoms with Crippen molar-refractivity contribution >= 4 is 50.2 Å². The molecule has 2 bridgehead atoms. The fraction of sp³-hybridized carbons (Fsp3) is 0.533. The van der Waals surface area contributed by atoms with Crippen LogP contribution in [0, 0.1) is 5.92 Å². The Morgan fingerprint density at radius 2 is 2.05 bits per heavy atom. The van der Waals surface area contributed by atoms with Crippen molar-refractivity contribution in [2.75, 3.05) is 13.7 Å². The first-order chi connectivity index (χ1) is 10.5. The van der Waals surface area contributed by atoms with E-state index in [4.69, 9.17) is 4.74 Å². The summed E-state index contributed by atoms with van der Waals surface area (Å²) in [7, 11) is 1.66. The molecule has 3 fully saturated rings. The van der Waals surface area contributed by atoms with Crippen molar-refractivity contribution in [1.82, 2.24) is 10.0 Å². The highest BCUT2D eigenvalue weighted by atomic mass is 79.9. The van der Waals surface area contributed by atoms with Crippen LogP contribution in [-0.4, -0.2) is 25.6 Å². The van der Waals surface area contributed by atoms with E-state index in [1.165, 1.54) is 19.3 Å². The number of hydrogen-bond acceptors (Lipinski definition) is 4. The number of hydrogen-bond donors (Lipinski definition) is 2. The monoisotopic (exact) mass is 450 g/mol. The molecule has 4 rings (SSSR count). The molecule has 3 saturated carbocycles. The highest BCUT2D eigenvalue weighted by Crippen LogP contribution is 2.56. The highest BCUT2D eigenvalue weighted by Gasteiger charge is 2.56. The van der Waals surface area contributed by atoms with E-state index in [-0.39, 0.29) is 0 Å². The molecule has 7 heteroatoms. The van der Waals surface area contributed by atoms with E-state index in [9.17, 15) is 4.79 Å². The van der Waals surface area contributed by atoms with E-state index < -0.39 is 0 Å².